The molecule has 5 rings (SSSR count). The number of β-amino-alcohol motifs (C(OH)–C–C–N with tert-alkyl or cyclic N) is 1. The lowest BCUT2D eigenvalue weighted by molar-refractivity contribution is -0.100. The van der Waals surface area contributed by atoms with Gasteiger partial charge in [0.25, 0.3) is 0 Å². The predicted molar refractivity (Wildman–Crippen MR) is 124 cm³/mol. The minimum absolute atomic E-state index is 0.357. The average Bonchev–Trinajstić information content (AvgIpc) is 3.07. The zero-order chi connectivity index (χ0) is 20.9. The molecular formula is C25H27BrN2O2. The molecule has 2 atom stereocenters. The second kappa shape index (κ2) is 7.26. The molecule has 1 fully saturated rings. The number of likely N-dealkylation sites (tertiary alicyclic amines) is 1. The van der Waals surface area contributed by atoms with Gasteiger partial charge in [0.2, 0.25) is 0 Å². The molecule has 2 unspecified atom stereocenters. The molecule has 0 radical (unpaired) electrons. The van der Waals surface area contributed by atoms with E-state index >= 15 is 0 Å². The smallest absolute Gasteiger partial charge is 0.119 e. The number of nitrogens with zero attached hydrogens (tertiary/aromatic N) is 1. The Bertz CT molecular complexity index is 1120. The first-order valence-corrected chi connectivity index (χ1v) is 11.3. The Labute approximate surface area is 185 Å². The van der Waals surface area contributed by atoms with Gasteiger partial charge < -0.3 is 14.8 Å². The molecule has 0 spiro atoms. The zero-order valence-electron chi connectivity index (χ0n) is 17.2. The molecule has 1 aliphatic heterocycles. The Morgan fingerprint density at radius 3 is 2.93 bits per heavy atom. The van der Waals surface area contributed by atoms with Crippen LogP contribution in [-0.2, 0) is 18.3 Å². The third-order valence-electron chi connectivity index (χ3n) is 7.14. The normalized spacial score (nSPS) is 26.2. The van der Waals surface area contributed by atoms with Gasteiger partial charge in [-0.2, -0.15) is 0 Å². The van der Waals surface area contributed by atoms with E-state index in [0.717, 1.165) is 47.2 Å². The number of hydrogen-bond donors (Lipinski definition) is 2. The quantitative estimate of drug-likeness (QED) is 0.552. The summed E-state index contributed by atoms with van der Waals surface area (Å²) in [6.07, 6.45) is 4.25. The number of piperidine rings is 1. The fourth-order valence-corrected chi connectivity index (χ4v) is 6.03. The number of fused-ring (bicyclic) bond motifs is 4. The van der Waals surface area contributed by atoms with Crippen molar-refractivity contribution < 1.29 is 9.84 Å². The van der Waals surface area contributed by atoms with Crippen molar-refractivity contribution in [2.24, 2.45) is 0 Å². The highest BCUT2D eigenvalue weighted by atomic mass is 79.9. The standard InChI is InChI=1S/C25H27BrN2O2/c1-3-10-28-11-9-24(17-5-4-6-19(12-17)30-2)15-23-21(14-25(24,29)16-28)20-8-7-18(26)13-22(20)27-23/h3-8,12-13,27,29H,1,9-11,14-16H2,2H3. The minimum atomic E-state index is -0.865. The van der Waals surface area contributed by atoms with Gasteiger partial charge in [-0.25, -0.2) is 0 Å². The van der Waals surface area contributed by atoms with Gasteiger partial charge in [-0.15, -0.1) is 6.58 Å². The summed E-state index contributed by atoms with van der Waals surface area (Å²) < 4.78 is 6.59. The van der Waals surface area contributed by atoms with Crippen LogP contribution in [0, 0.1) is 0 Å². The van der Waals surface area contributed by atoms with Crippen LogP contribution in [0.25, 0.3) is 10.9 Å². The maximum absolute atomic E-state index is 12.3. The topological polar surface area (TPSA) is 48.5 Å². The number of halogens is 1. The van der Waals surface area contributed by atoms with E-state index in [9.17, 15) is 5.11 Å². The monoisotopic (exact) mass is 466 g/mol. The van der Waals surface area contributed by atoms with Gasteiger partial charge in [0.15, 0.2) is 0 Å². The second-order valence-corrected chi connectivity index (χ2v) is 9.66. The van der Waals surface area contributed by atoms with Crippen molar-refractivity contribution in [2.75, 3.05) is 26.7 Å². The van der Waals surface area contributed by atoms with Crippen LogP contribution in [-0.4, -0.2) is 47.3 Å². The number of aliphatic hydroxyl groups is 1. The van der Waals surface area contributed by atoms with E-state index < -0.39 is 5.60 Å². The number of aromatic nitrogens is 1. The van der Waals surface area contributed by atoms with Crippen LogP contribution in [0.1, 0.15) is 23.2 Å². The van der Waals surface area contributed by atoms with E-state index in [0.29, 0.717) is 13.0 Å². The van der Waals surface area contributed by atoms with E-state index in [4.69, 9.17) is 4.74 Å². The maximum Gasteiger partial charge on any atom is 0.119 e. The van der Waals surface area contributed by atoms with Gasteiger partial charge in [0.1, 0.15) is 5.75 Å². The lowest BCUT2D eigenvalue weighted by Gasteiger charge is -2.56. The first kappa shape index (κ1) is 19.9. The molecule has 1 saturated heterocycles. The van der Waals surface area contributed by atoms with Gasteiger partial charge in [-0.3, -0.25) is 4.90 Å². The van der Waals surface area contributed by atoms with Crippen molar-refractivity contribution in [3.05, 3.63) is 76.4 Å². The Morgan fingerprint density at radius 1 is 1.27 bits per heavy atom. The lowest BCUT2D eigenvalue weighted by Crippen LogP contribution is -2.66. The van der Waals surface area contributed by atoms with Gasteiger partial charge in [0.05, 0.1) is 12.7 Å². The van der Waals surface area contributed by atoms with Gasteiger partial charge in [-0.05, 0) is 48.4 Å². The van der Waals surface area contributed by atoms with E-state index in [1.54, 1.807) is 7.11 Å². The van der Waals surface area contributed by atoms with Crippen LogP contribution < -0.4 is 4.74 Å². The average molecular weight is 467 g/mol. The van der Waals surface area contributed by atoms with Gasteiger partial charge in [-0.1, -0.05) is 40.2 Å². The first-order chi connectivity index (χ1) is 14.5. The van der Waals surface area contributed by atoms with E-state index in [1.165, 1.54) is 16.6 Å². The SMILES string of the molecule is C=CCN1CCC2(c3cccc(OC)c3)Cc3[nH]c4cc(Br)ccc4c3CC2(O)C1. The summed E-state index contributed by atoms with van der Waals surface area (Å²) in [5.41, 5.74) is 3.56. The number of ether oxygens (including phenoxy) is 1. The summed E-state index contributed by atoms with van der Waals surface area (Å²) in [6, 6.07) is 14.6. The fourth-order valence-electron chi connectivity index (χ4n) is 5.66. The Morgan fingerprint density at radius 2 is 2.13 bits per heavy atom. The predicted octanol–water partition coefficient (Wildman–Crippen LogP) is 4.60. The highest BCUT2D eigenvalue weighted by molar-refractivity contribution is 9.10. The highest BCUT2D eigenvalue weighted by Gasteiger charge is 2.57. The largest absolute Gasteiger partial charge is 0.497 e. The summed E-state index contributed by atoms with van der Waals surface area (Å²) in [4.78, 5) is 5.99. The van der Waals surface area contributed by atoms with Crippen molar-refractivity contribution in [3.8, 4) is 5.75 Å². The Kier molecular flexibility index (Phi) is 4.80. The number of H-pyrrole nitrogens is 1. The number of nitrogens with one attached hydrogen (secondary N) is 1. The molecule has 2 aromatic carbocycles. The van der Waals surface area contributed by atoms with Gasteiger partial charge in [0, 0.05) is 52.4 Å². The summed E-state index contributed by atoms with van der Waals surface area (Å²) in [5.74, 6) is 0.837. The molecule has 0 saturated carbocycles. The van der Waals surface area contributed by atoms with E-state index in [2.05, 4.69) is 62.7 Å². The lowest BCUT2D eigenvalue weighted by atomic mass is 9.56. The highest BCUT2D eigenvalue weighted by Crippen LogP contribution is 2.51. The molecule has 156 valence electrons. The third-order valence-corrected chi connectivity index (χ3v) is 7.64. The number of benzene rings is 2. The first-order valence-electron chi connectivity index (χ1n) is 10.5. The molecule has 1 aromatic heterocycles. The van der Waals surface area contributed by atoms with Crippen molar-refractivity contribution in [3.63, 3.8) is 0 Å². The van der Waals surface area contributed by atoms with E-state index in [-0.39, 0.29) is 5.41 Å². The van der Waals surface area contributed by atoms with Crippen LogP contribution in [0.15, 0.2) is 59.6 Å². The summed E-state index contributed by atoms with van der Waals surface area (Å²) >= 11 is 3.59. The molecule has 0 amide bonds. The molecule has 1 aliphatic carbocycles. The van der Waals surface area contributed by atoms with Crippen LogP contribution in [0.4, 0.5) is 0 Å². The molecule has 2 heterocycles. The molecule has 0 bridgehead atoms. The maximum atomic E-state index is 12.3. The summed E-state index contributed by atoms with van der Waals surface area (Å²) in [6.45, 7) is 6.28. The zero-order valence-corrected chi connectivity index (χ0v) is 18.8. The Balaban J connectivity index is 1.68. The van der Waals surface area contributed by atoms with Crippen molar-refractivity contribution >= 4 is 26.8 Å². The summed E-state index contributed by atoms with van der Waals surface area (Å²) in [5, 5.41) is 13.5. The molecular weight excluding hydrogens is 440 g/mol. The number of rotatable bonds is 4. The molecule has 3 aromatic rings. The third kappa shape index (κ3) is 2.95. The number of hydrogen-bond acceptors (Lipinski definition) is 3. The van der Waals surface area contributed by atoms with Crippen LogP contribution in [0.2, 0.25) is 0 Å². The van der Waals surface area contributed by atoms with Crippen LogP contribution >= 0.6 is 15.9 Å². The molecule has 2 aliphatic rings. The Hall–Kier alpha value is -2.08. The molecule has 30 heavy (non-hydrogen) atoms. The molecule has 5 heteroatoms. The van der Waals surface area contributed by atoms with Crippen molar-refractivity contribution in [2.45, 2.75) is 30.3 Å². The van der Waals surface area contributed by atoms with Crippen molar-refractivity contribution in [1.29, 1.82) is 0 Å². The number of methoxy groups -OCH3 is 1. The minimum Gasteiger partial charge on any atom is -0.497 e. The van der Waals surface area contributed by atoms with Crippen LogP contribution in [0.5, 0.6) is 5.75 Å². The van der Waals surface area contributed by atoms with Crippen molar-refractivity contribution in [1.82, 2.24) is 9.88 Å². The van der Waals surface area contributed by atoms with E-state index in [1.807, 2.05) is 18.2 Å². The van der Waals surface area contributed by atoms with Gasteiger partial charge >= 0.3 is 0 Å². The fraction of sp³-hybridized carbons (Fsp3) is 0.360. The summed E-state index contributed by atoms with van der Waals surface area (Å²) in [7, 11) is 1.70. The van der Waals surface area contributed by atoms with Crippen LogP contribution in [0.3, 0.4) is 0 Å². The second-order valence-electron chi connectivity index (χ2n) is 8.75. The molecule has 4 nitrogen and oxygen atoms in total. The molecule has 2 N–H and O–H groups in total. The number of aromatic amines is 1.